The van der Waals surface area contributed by atoms with Crippen LogP contribution in [0.5, 0.6) is 0 Å². The van der Waals surface area contributed by atoms with Gasteiger partial charge in [0.25, 0.3) is 0 Å². The number of hydrogen-bond donors (Lipinski definition) is 2. The van der Waals surface area contributed by atoms with Crippen LogP contribution in [0.3, 0.4) is 0 Å². The Bertz CT molecular complexity index is 246. The van der Waals surface area contributed by atoms with E-state index in [4.69, 9.17) is 9.84 Å². The molecule has 0 radical (unpaired) electrons. The molecule has 1 aliphatic carbocycles. The van der Waals surface area contributed by atoms with E-state index in [1.54, 1.807) is 7.05 Å². The molecule has 16 heavy (non-hydrogen) atoms. The standard InChI is InChI=1S/C11H19NO4/c1-12-10(13)6-7-16-9-4-2-8(3-5-9)11(14)15/h8-9H,2-7H2,1H3,(H,12,13)(H,14,15). The van der Waals surface area contributed by atoms with Crippen molar-refractivity contribution in [1.82, 2.24) is 5.32 Å². The molecule has 0 atom stereocenters. The highest BCUT2D eigenvalue weighted by atomic mass is 16.5. The normalized spacial score (nSPS) is 25.1. The molecule has 1 saturated carbocycles. The van der Waals surface area contributed by atoms with E-state index in [2.05, 4.69) is 5.32 Å². The number of amides is 1. The van der Waals surface area contributed by atoms with Crippen molar-refractivity contribution < 1.29 is 19.4 Å². The lowest BCUT2D eigenvalue weighted by atomic mass is 9.87. The van der Waals surface area contributed by atoms with Crippen molar-refractivity contribution in [2.45, 2.75) is 38.2 Å². The van der Waals surface area contributed by atoms with Gasteiger partial charge in [-0.2, -0.15) is 0 Å². The van der Waals surface area contributed by atoms with Crippen molar-refractivity contribution in [2.24, 2.45) is 5.92 Å². The van der Waals surface area contributed by atoms with Crippen LogP contribution in [0, 0.1) is 5.92 Å². The molecule has 1 rings (SSSR count). The van der Waals surface area contributed by atoms with Crippen LogP contribution in [-0.2, 0) is 14.3 Å². The fourth-order valence-electron chi connectivity index (χ4n) is 1.92. The van der Waals surface area contributed by atoms with Crippen molar-refractivity contribution in [2.75, 3.05) is 13.7 Å². The molecule has 5 nitrogen and oxygen atoms in total. The molecule has 5 heteroatoms. The summed E-state index contributed by atoms with van der Waals surface area (Å²) in [5.74, 6) is -0.943. The monoisotopic (exact) mass is 229 g/mol. The van der Waals surface area contributed by atoms with Gasteiger partial charge in [0.05, 0.1) is 18.6 Å². The predicted octanol–water partition coefficient (Wildman–Crippen LogP) is 0.782. The third kappa shape index (κ3) is 4.18. The highest BCUT2D eigenvalue weighted by molar-refractivity contribution is 5.75. The lowest BCUT2D eigenvalue weighted by molar-refractivity contribution is -0.143. The molecule has 1 amide bonds. The largest absolute Gasteiger partial charge is 0.481 e. The second-order valence-electron chi connectivity index (χ2n) is 4.11. The third-order valence-corrected chi connectivity index (χ3v) is 2.98. The van der Waals surface area contributed by atoms with Gasteiger partial charge in [0, 0.05) is 13.5 Å². The van der Waals surface area contributed by atoms with Gasteiger partial charge in [-0.1, -0.05) is 0 Å². The van der Waals surface area contributed by atoms with Crippen LogP contribution in [0.1, 0.15) is 32.1 Å². The molecule has 1 fully saturated rings. The molecule has 0 aliphatic heterocycles. The number of carboxylic acid groups (broad SMARTS) is 1. The summed E-state index contributed by atoms with van der Waals surface area (Å²) in [4.78, 5) is 21.6. The molecule has 0 spiro atoms. The third-order valence-electron chi connectivity index (χ3n) is 2.98. The Hall–Kier alpha value is -1.10. The van der Waals surface area contributed by atoms with Gasteiger partial charge in [0.2, 0.25) is 5.91 Å². The summed E-state index contributed by atoms with van der Waals surface area (Å²) < 4.78 is 5.53. The first-order chi connectivity index (χ1) is 7.63. The van der Waals surface area contributed by atoms with Gasteiger partial charge >= 0.3 is 5.97 Å². The summed E-state index contributed by atoms with van der Waals surface area (Å²) in [7, 11) is 1.60. The molecule has 0 aromatic carbocycles. The van der Waals surface area contributed by atoms with Gasteiger partial charge in [0.15, 0.2) is 0 Å². The second-order valence-corrected chi connectivity index (χ2v) is 4.11. The molecule has 0 saturated heterocycles. The molecule has 0 heterocycles. The summed E-state index contributed by atoms with van der Waals surface area (Å²) in [5.41, 5.74) is 0. The molecule has 0 unspecified atom stereocenters. The summed E-state index contributed by atoms with van der Waals surface area (Å²) >= 11 is 0. The smallest absolute Gasteiger partial charge is 0.306 e. The van der Waals surface area contributed by atoms with Gasteiger partial charge in [-0.15, -0.1) is 0 Å². The molecule has 1 aliphatic rings. The van der Waals surface area contributed by atoms with Crippen LogP contribution < -0.4 is 5.32 Å². The minimum Gasteiger partial charge on any atom is -0.481 e. The first-order valence-electron chi connectivity index (χ1n) is 5.68. The molecule has 0 bridgehead atoms. The number of nitrogens with one attached hydrogen (secondary N) is 1. The average molecular weight is 229 g/mol. The number of hydrogen-bond acceptors (Lipinski definition) is 3. The molecule has 92 valence electrons. The lowest BCUT2D eigenvalue weighted by Crippen LogP contribution is -2.27. The summed E-state index contributed by atoms with van der Waals surface area (Å²) in [5, 5.41) is 11.3. The van der Waals surface area contributed by atoms with Crippen molar-refractivity contribution in [3.63, 3.8) is 0 Å². The van der Waals surface area contributed by atoms with Crippen molar-refractivity contribution in [1.29, 1.82) is 0 Å². The van der Waals surface area contributed by atoms with Crippen LogP contribution in [0.4, 0.5) is 0 Å². The zero-order valence-corrected chi connectivity index (χ0v) is 9.57. The number of ether oxygens (including phenoxy) is 1. The van der Waals surface area contributed by atoms with Crippen molar-refractivity contribution in [3.05, 3.63) is 0 Å². The van der Waals surface area contributed by atoms with Crippen molar-refractivity contribution in [3.8, 4) is 0 Å². The van der Waals surface area contributed by atoms with E-state index in [0.29, 0.717) is 25.9 Å². The maximum absolute atomic E-state index is 10.9. The Labute approximate surface area is 95.2 Å². The zero-order valence-electron chi connectivity index (χ0n) is 9.57. The minimum absolute atomic E-state index is 0.0285. The molecular formula is C11H19NO4. The van der Waals surface area contributed by atoms with E-state index < -0.39 is 5.97 Å². The van der Waals surface area contributed by atoms with E-state index >= 15 is 0 Å². The average Bonchev–Trinajstić information content (AvgIpc) is 2.29. The van der Waals surface area contributed by atoms with E-state index in [9.17, 15) is 9.59 Å². The van der Waals surface area contributed by atoms with Gasteiger partial charge in [-0.25, -0.2) is 0 Å². The number of carboxylic acids is 1. The van der Waals surface area contributed by atoms with Gasteiger partial charge < -0.3 is 15.2 Å². The summed E-state index contributed by atoms with van der Waals surface area (Å²) in [6.07, 6.45) is 3.42. The van der Waals surface area contributed by atoms with Crippen LogP contribution in [0.2, 0.25) is 0 Å². The Morgan fingerprint density at radius 2 is 1.94 bits per heavy atom. The van der Waals surface area contributed by atoms with Crippen LogP contribution in [0.15, 0.2) is 0 Å². The van der Waals surface area contributed by atoms with E-state index in [-0.39, 0.29) is 17.9 Å². The Morgan fingerprint density at radius 1 is 1.31 bits per heavy atom. The Morgan fingerprint density at radius 3 is 2.44 bits per heavy atom. The summed E-state index contributed by atoms with van der Waals surface area (Å²) in [6.45, 7) is 0.419. The first-order valence-corrected chi connectivity index (χ1v) is 5.68. The fourth-order valence-corrected chi connectivity index (χ4v) is 1.92. The van der Waals surface area contributed by atoms with Crippen LogP contribution >= 0.6 is 0 Å². The van der Waals surface area contributed by atoms with Crippen molar-refractivity contribution >= 4 is 11.9 Å². The number of aliphatic carboxylic acids is 1. The number of carbonyl (C=O) groups is 2. The fraction of sp³-hybridized carbons (Fsp3) is 0.818. The van der Waals surface area contributed by atoms with Gasteiger partial charge in [-0.05, 0) is 25.7 Å². The quantitative estimate of drug-likeness (QED) is 0.730. The summed E-state index contributed by atoms with van der Waals surface area (Å²) in [6, 6.07) is 0. The zero-order chi connectivity index (χ0) is 12.0. The number of carbonyl (C=O) groups excluding carboxylic acids is 1. The van der Waals surface area contributed by atoms with E-state index in [1.807, 2.05) is 0 Å². The Balaban J connectivity index is 2.13. The first kappa shape index (κ1) is 13.0. The Kier molecular flexibility index (Phi) is 5.25. The molecule has 0 aromatic rings. The molecule has 0 aromatic heterocycles. The van der Waals surface area contributed by atoms with E-state index in [1.165, 1.54) is 0 Å². The lowest BCUT2D eigenvalue weighted by Gasteiger charge is -2.26. The minimum atomic E-state index is -0.705. The topological polar surface area (TPSA) is 75.6 Å². The van der Waals surface area contributed by atoms with Gasteiger partial charge in [0.1, 0.15) is 0 Å². The maximum atomic E-state index is 10.9. The highest BCUT2D eigenvalue weighted by Gasteiger charge is 2.26. The molecule has 2 N–H and O–H groups in total. The van der Waals surface area contributed by atoms with Crippen LogP contribution in [0.25, 0.3) is 0 Å². The SMILES string of the molecule is CNC(=O)CCOC1CCC(C(=O)O)CC1. The van der Waals surface area contributed by atoms with Gasteiger partial charge in [-0.3, -0.25) is 9.59 Å². The molecular weight excluding hydrogens is 210 g/mol. The van der Waals surface area contributed by atoms with Crippen LogP contribution in [-0.4, -0.2) is 36.7 Å². The maximum Gasteiger partial charge on any atom is 0.306 e. The number of rotatable bonds is 5. The van der Waals surface area contributed by atoms with E-state index in [0.717, 1.165) is 12.8 Å². The highest BCUT2D eigenvalue weighted by Crippen LogP contribution is 2.26. The predicted molar refractivity (Wildman–Crippen MR) is 58.0 cm³/mol. The second kappa shape index (κ2) is 6.48.